The molecule has 17 heavy (non-hydrogen) atoms. The zero-order chi connectivity index (χ0) is 13.1. The number of benzene rings is 1. The predicted octanol–water partition coefficient (Wildman–Crippen LogP) is 1.23. The third-order valence-electron chi connectivity index (χ3n) is 2.21. The summed E-state index contributed by atoms with van der Waals surface area (Å²) in [6, 6.07) is 4.82. The van der Waals surface area contributed by atoms with Crippen molar-refractivity contribution in [3.8, 4) is 0 Å². The van der Waals surface area contributed by atoms with Crippen LogP contribution in [0.25, 0.3) is 0 Å². The second-order valence-electron chi connectivity index (χ2n) is 4.17. The molecule has 2 atom stereocenters. The number of nitrogens with one attached hydrogen (secondary N) is 1. The van der Waals surface area contributed by atoms with Gasteiger partial charge in [-0.1, -0.05) is 12.1 Å². The van der Waals surface area contributed by atoms with Crippen molar-refractivity contribution in [2.75, 3.05) is 0 Å². The summed E-state index contributed by atoms with van der Waals surface area (Å²) in [5.41, 5.74) is 5.57. The first-order valence-corrected chi connectivity index (χ1v) is 6.83. The van der Waals surface area contributed by atoms with E-state index in [1.54, 1.807) is 13.8 Å². The minimum Gasteiger partial charge on any atom is -0.328 e. The van der Waals surface area contributed by atoms with Gasteiger partial charge < -0.3 is 5.73 Å². The smallest absolute Gasteiger partial charge is 0.243 e. The molecule has 6 heteroatoms. The first-order valence-electron chi connectivity index (χ1n) is 5.35. The minimum atomic E-state index is -3.82. The monoisotopic (exact) mass is 260 g/mol. The van der Waals surface area contributed by atoms with E-state index in [1.165, 1.54) is 18.2 Å². The third-order valence-corrected chi connectivity index (χ3v) is 3.83. The van der Waals surface area contributed by atoms with Gasteiger partial charge in [0.15, 0.2) is 0 Å². The van der Waals surface area contributed by atoms with Crippen molar-refractivity contribution in [1.82, 2.24) is 4.72 Å². The Kier molecular flexibility index (Phi) is 4.62. The highest BCUT2D eigenvalue weighted by molar-refractivity contribution is 7.89. The van der Waals surface area contributed by atoms with Crippen molar-refractivity contribution in [2.24, 2.45) is 5.73 Å². The lowest BCUT2D eigenvalue weighted by atomic mass is 10.1. The van der Waals surface area contributed by atoms with Crippen molar-refractivity contribution >= 4 is 10.0 Å². The summed E-state index contributed by atoms with van der Waals surface area (Å²) in [6.45, 7) is 3.48. The van der Waals surface area contributed by atoms with Gasteiger partial charge in [-0.3, -0.25) is 0 Å². The predicted molar refractivity (Wildman–Crippen MR) is 64.4 cm³/mol. The van der Waals surface area contributed by atoms with Crippen LogP contribution in [0.15, 0.2) is 29.2 Å². The summed E-state index contributed by atoms with van der Waals surface area (Å²) in [4.78, 5) is -0.337. The van der Waals surface area contributed by atoms with Crippen LogP contribution in [0, 0.1) is 5.82 Å². The molecule has 0 fully saturated rings. The number of hydrogen-bond donors (Lipinski definition) is 2. The van der Waals surface area contributed by atoms with Crippen LogP contribution in [-0.4, -0.2) is 20.5 Å². The molecule has 0 heterocycles. The number of hydrogen-bond acceptors (Lipinski definition) is 3. The zero-order valence-corrected chi connectivity index (χ0v) is 10.7. The molecule has 0 radical (unpaired) electrons. The van der Waals surface area contributed by atoms with Gasteiger partial charge in [0.2, 0.25) is 10.0 Å². The van der Waals surface area contributed by atoms with E-state index in [-0.39, 0.29) is 17.0 Å². The molecule has 0 aromatic heterocycles. The van der Waals surface area contributed by atoms with Crippen LogP contribution in [0.1, 0.15) is 20.3 Å². The fraction of sp³-hybridized carbons (Fsp3) is 0.455. The Morgan fingerprint density at radius 1 is 1.35 bits per heavy atom. The molecule has 0 bridgehead atoms. The highest BCUT2D eigenvalue weighted by atomic mass is 32.2. The Hall–Kier alpha value is -0.980. The quantitative estimate of drug-likeness (QED) is 0.836. The second-order valence-corrected chi connectivity index (χ2v) is 5.85. The van der Waals surface area contributed by atoms with Crippen LogP contribution in [0.4, 0.5) is 4.39 Å². The van der Waals surface area contributed by atoms with Gasteiger partial charge in [0, 0.05) is 12.1 Å². The Morgan fingerprint density at radius 2 is 1.94 bits per heavy atom. The lowest BCUT2D eigenvalue weighted by Gasteiger charge is -2.16. The van der Waals surface area contributed by atoms with Gasteiger partial charge in [0.25, 0.3) is 0 Å². The van der Waals surface area contributed by atoms with E-state index in [1.807, 2.05) is 0 Å². The lowest BCUT2D eigenvalue weighted by molar-refractivity contribution is 0.512. The third kappa shape index (κ3) is 4.07. The van der Waals surface area contributed by atoms with Crippen molar-refractivity contribution in [2.45, 2.75) is 37.2 Å². The van der Waals surface area contributed by atoms with Crippen molar-refractivity contribution in [1.29, 1.82) is 0 Å². The topological polar surface area (TPSA) is 72.2 Å². The summed E-state index contributed by atoms with van der Waals surface area (Å²) in [6.07, 6.45) is 0.494. The molecule has 1 aromatic rings. The van der Waals surface area contributed by atoms with Crippen LogP contribution >= 0.6 is 0 Å². The van der Waals surface area contributed by atoms with Crippen LogP contribution in [-0.2, 0) is 10.0 Å². The first-order chi connectivity index (χ1) is 7.83. The molecule has 0 saturated heterocycles. The molecular formula is C11H17FN2O2S. The molecule has 4 nitrogen and oxygen atoms in total. The van der Waals surface area contributed by atoms with Gasteiger partial charge >= 0.3 is 0 Å². The first kappa shape index (κ1) is 14.1. The summed E-state index contributed by atoms with van der Waals surface area (Å²) in [7, 11) is -3.82. The molecule has 96 valence electrons. The Balaban J connectivity index is 2.86. The van der Waals surface area contributed by atoms with E-state index in [2.05, 4.69) is 4.72 Å². The normalized spacial score (nSPS) is 15.5. The van der Waals surface area contributed by atoms with Gasteiger partial charge in [-0.05, 0) is 32.4 Å². The number of rotatable bonds is 5. The van der Waals surface area contributed by atoms with E-state index in [9.17, 15) is 12.8 Å². The maximum absolute atomic E-state index is 13.4. The molecule has 0 amide bonds. The van der Waals surface area contributed by atoms with Crippen LogP contribution in [0.2, 0.25) is 0 Å². The van der Waals surface area contributed by atoms with Crippen molar-refractivity contribution in [3.63, 3.8) is 0 Å². The minimum absolute atomic E-state index is 0.117. The summed E-state index contributed by atoms with van der Waals surface area (Å²) in [5.74, 6) is -0.756. The maximum atomic E-state index is 13.4. The fourth-order valence-electron chi connectivity index (χ4n) is 1.60. The molecule has 0 saturated carbocycles. The van der Waals surface area contributed by atoms with E-state index >= 15 is 0 Å². The lowest BCUT2D eigenvalue weighted by Crippen LogP contribution is -2.36. The average Bonchev–Trinajstić information content (AvgIpc) is 2.15. The van der Waals surface area contributed by atoms with E-state index in [4.69, 9.17) is 5.73 Å². The largest absolute Gasteiger partial charge is 0.328 e. The highest BCUT2D eigenvalue weighted by Gasteiger charge is 2.21. The maximum Gasteiger partial charge on any atom is 0.243 e. The van der Waals surface area contributed by atoms with E-state index in [0.29, 0.717) is 6.42 Å². The SMILES string of the molecule is CC(N)CC(C)NS(=O)(=O)c1ccccc1F. The van der Waals surface area contributed by atoms with Crippen molar-refractivity contribution in [3.05, 3.63) is 30.1 Å². The summed E-state index contributed by atoms with van der Waals surface area (Å²) in [5, 5.41) is 0. The number of sulfonamides is 1. The highest BCUT2D eigenvalue weighted by Crippen LogP contribution is 2.14. The zero-order valence-electron chi connectivity index (χ0n) is 9.85. The molecule has 0 aliphatic carbocycles. The molecule has 0 spiro atoms. The van der Waals surface area contributed by atoms with Gasteiger partial charge in [-0.15, -0.1) is 0 Å². The number of halogens is 1. The van der Waals surface area contributed by atoms with Crippen LogP contribution in [0.5, 0.6) is 0 Å². The Labute approximate surface area is 101 Å². The molecule has 1 rings (SSSR count). The van der Waals surface area contributed by atoms with Gasteiger partial charge in [0.05, 0.1) is 0 Å². The average molecular weight is 260 g/mol. The molecule has 2 unspecified atom stereocenters. The Bertz CT molecular complexity index is 474. The summed E-state index contributed by atoms with van der Waals surface area (Å²) < 4.78 is 39.5. The molecule has 1 aromatic carbocycles. The van der Waals surface area contributed by atoms with Gasteiger partial charge in [-0.2, -0.15) is 0 Å². The molecule has 0 aliphatic heterocycles. The molecule has 3 N–H and O–H groups in total. The van der Waals surface area contributed by atoms with Crippen LogP contribution in [0.3, 0.4) is 0 Å². The van der Waals surface area contributed by atoms with E-state index < -0.39 is 15.8 Å². The van der Waals surface area contributed by atoms with E-state index in [0.717, 1.165) is 6.07 Å². The molecular weight excluding hydrogens is 243 g/mol. The van der Waals surface area contributed by atoms with Crippen molar-refractivity contribution < 1.29 is 12.8 Å². The second kappa shape index (κ2) is 5.57. The Morgan fingerprint density at radius 3 is 2.47 bits per heavy atom. The standard InChI is InChI=1S/C11H17FN2O2S/c1-8(13)7-9(2)14-17(15,16)11-6-4-3-5-10(11)12/h3-6,8-9,14H,7,13H2,1-2H3. The molecule has 0 aliphatic rings. The fourth-order valence-corrected chi connectivity index (χ4v) is 2.93. The van der Waals surface area contributed by atoms with Crippen LogP contribution < -0.4 is 10.5 Å². The number of nitrogens with two attached hydrogens (primary N) is 1. The van der Waals surface area contributed by atoms with Gasteiger partial charge in [-0.25, -0.2) is 17.5 Å². The van der Waals surface area contributed by atoms with Gasteiger partial charge in [0.1, 0.15) is 10.7 Å². The summed E-state index contributed by atoms with van der Waals surface area (Å²) >= 11 is 0.